The molecule has 8 nitrogen and oxygen atoms in total. The minimum absolute atomic E-state index is 0.0623. The van der Waals surface area contributed by atoms with Crippen LogP contribution in [0, 0.1) is 0 Å². The molecule has 0 unspecified atom stereocenters. The van der Waals surface area contributed by atoms with Gasteiger partial charge in [0.05, 0.1) is 23.4 Å². The van der Waals surface area contributed by atoms with Gasteiger partial charge in [-0.2, -0.15) is 0 Å². The van der Waals surface area contributed by atoms with Crippen molar-refractivity contribution in [2.75, 3.05) is 26.5 Å². The number of nitrogens with one attached hydrogen (secondary N) is 1. The van der Waals surface area contributed by atoms with E-state index in [0.717, 1.165) is 20.5 Å². The van der Waals surface area contributed by atoms with Crippen LogP contribution in [0.1, 0.15) is 16.1 Å². The van der Waals surface area contributed by atoms with E-state index >= 15 is 0 Å². The Labute approximate surface area is 202 Å². The molecule has 4 aromatic rings. The molecule has 4 rings (SSSR count). The SMILES string of the molecule is COc1ccc(S(=O)(=O)N(C)C)cc1NC(=O)c1ccc(SCc2cn3ccccc3n2)cc1. The number of hydrogen-bond donors (Lipinski definition) is 1. The van der Waals surface area contributed by atoms with Crippen molar-refractivity contribution in [2.45, 2.75) is 15.5 Å². The third kappa shape index (κ3) is 5.09. The fourth-order valence-electron chi connectivity index (χ4n) is 3.27. The molecule has 10 heteroatoms. The van der Waals surface area contributed by atoms with Gasteiger partial charge in [-0.15, -0.1) is 11.8 Å². The van der Waals surface area contributed by atoms with Crippen LogP contribution < -0.4 is 10.1 Å². The van der Waals surface area contributed by atoms with Crippen LogP contribution in [0.25, 0.3) is 5.65 Å². The van der Waals surface area contributed by atoms with Crippen LogP contribution in [-0.2, 0) is 15.8 Å². The lowest BCUT2D eigenvalue weighted by atomic mass is 10.2. The van der Waals surface area contributed by atoms with Gasteiger partial charge in [-0.05, 0) is 54.6 Å². The Balaban J connectivity index is 1.45. The molecule has 0 saturated heterocycles. The summed E-state index contributed by atoms with van der Waals surface area (Å²) in [7, 11) is 0.709. The molecule has 1 amide bonds. The van der Waals surface area contributed by atoms with Crippen molar-refractivity contribution < 1.29 is 17.9 Å². The lowest BCUT2D eigenvalue weighted by Crippen LogP contribution is -2.22. The van der Waals surface area contributed by atoms with Gasteiger partial charge in [-0.25, -0.2) is 17.7 Å². The Morgan fingerprint density at radius 2 is 1.88 bits per heavy atom. The minimum atomic E-state index is -3.65. The number of carbonyl (C=O) groups is 1. The number of methoxy groups -OCH3 is 1. The molecule has 2 aromatic heterocycles. The zero-order chi connectivity index (χ0) is 24.3. The van der Waals surface area contributed by atoms with Gasteiger partial charge >= 0.3 is 0 Å². The Morgan fingerprint density at radius 3 is 2.56 bits per heavy atom. The van der Waals surface area contributed by atoms with E-state index in [1.807, 2.05) is 47.1 Å². The molecule has 34 heavy (non-hydrogen) atoms. The Bertz CT molecular complexity index is 1400. The maximum atomic E-state index is 12.8. The quantitative estimate of drug-likeness (QED) is 0.369. The molecule has 1 N–H and O–H groups in total. The first kappa shape index (κ1) is 23.8. The number of hydrogen-bond acceptors (Lipinski definition) is 6. The Morgan fingerprint density at radius 1 is 1.12 bits per heavy atom. The smallest absolute Gasteiger partial charge is 0.255 e. The summed E-state index contributed by atoms with van der Waals surface area (Å²) >= 11 is 1.63. The van der Waals surface area contributed by atoms with E-state index in [9.17, 15) is 13.2 Å². The number of carbonyl (C=O) groups excluding carboxylic acids is 1. The molecule has 0 bridgehead atoms. The number of sulfonamides is 1. The first-order chi connectivity index (χ1) is 16.3. The molecule has 2 heterocycles. The number of imidazole rings is 1. The number of thioether (sulfide) groups is 1. The van der Waals surface area contributed by atoms with E-state index in [1.165, 1.54) is 39.4 Å². The van der Waals surface area contributed by atoms with Gasteiger partial charge in [0, 0.05) is 42.7 Å². The van der Waals surface area contributed by atoms with E-state index in [2.05, 4.69) is 10.3 Å². The average Bonchev–Trinajstić information content (AvgIpc) is 3.26. The van der Waals surface area contributed by atoms with Crippen molar-refractivity contribution in [1.29, 1.82) is 0 Å². The van der Waals surface area contributed by atoms with Gasteiger partial charge in [0.25, 0.3) is 5.91 Å². The molecule has 0 atom stereocenters. The predicted molar refractivity (Wildman–Crippen MR) is 133 cm³/mol. The molecule has 176 valence electrons. The summed E-state index contributed by atoms with van der Waals surface area (Å²) in [5.74, 6) is 0.706. The second-order valence-corrected chi connectivity index (χ2v) is 10.8. The molecule has 0 saturated carbocycles. The van der Waals surface area contributed by atoms with Crippen molar-refractivity contribution in [3.05, 3.63) is 84.3 Å². The number of rotatable bonds is 8. The maximum absolute atomic E-state index is 12.8. The van der Waals surface area contributed by atoms with Crippen molar-refractivity contribution in [1.82, 2.24) is 13.7 Å². The summed E-state index contributed by atoms with van der Waals surface area (Å²) in [5.41, 5.74) is 2.60. The largest absolute Gasteiger partial charge is 0.495 e. The third-order valence-electron chi connectivity index (χ3n) is 5.11. The molecular weight excluding hydrogens is 472 g/mol. The second-order valence-electron chi connectivity index (χ2n) is 7.62. The van der Waals surface area contributed by atoms with E-state index in [-0.39, 0.29) is 16.5 Å². The van der Waals surface area contributed by atoms with Gasteiger partial charge in [0.15, 0.2) is 0 Å². The number of anilines is 1. The third-order valence-corrected chi connectivity index (χ3v) is 7.97. The topological polar surface area (TPSA) is 93.0 Å². The second kappa shape index (κ2) is 9.88. The number of pyridine rings is 1. The van der Waals surface area contributed by atoms with Gasteiger partial charge in [-0.1, -0.05) is 6.07 Å². The lowest BCUT2D eigenvalue weighted by molar-refractivity contribution is 0.102. The van der Waals surface area contributed by atoms with Crippen LogP contribution in [0.3, 0.4) is 0 Å². The molecule has 0 aliphatic rings. The highest BCUT2D eigenvalue weighted by molar-refractivity contribution is 7.98. The van der Waals surface area contributed by atoms with Crippen molar-refractivity contribution in [3.8, 4) is 5.75 Å². The lowest BCUT2D eigenvalue weighted by Gasteiger charge is -2.15. The summed E-state index contributed by atoms with van der Waals surface area (Å²) in [4.78, 5) is 18.5. The predicted octanol–water partition coefficient (Wildman–Crippen LogP) is 4.14. The standard InChI is InChI=1S/C24H24N4O4S2/c1-27(2)34(30,31)20-11-12-22(32-3)21(14-20)26-24(29)17-7-9-19(10-8-17)33-16-18-15-28-13-5-4-6-23(28)25-18/h4-15H,16H2,1-3H3,(H,26,29). The highest BCUT2D eigenvalue weighted by Crippen LogP contribution is 2.29. The minimum Gasteiger partial charge on any atom is -0.495 e. The first-order valence-corrected chi connectivity index (χ1v) is 12.8. The number of aromatic nitrogens is 2. The average molecular weight is 497 g/mol. The van der Waals surface area contributed by atoms with E-state index in [4.69, 9.17) is 4.74 Å². The number of benzene rings is 2. The molecule has 0 spiro atoms. The fraction of sp³-hybridized carbons (Fsp3) is 0.167. The molecule has 0 radical (unpaired) electrons. The zero-order valence-corrected chi connectivity index (χ0v) is 20.6. The fourth-order valence-corrected chi connectivity index (χ4v) is 4.98. The summed E-state index contributed by atoms with van der Waals surface area (Å²) in [6.45, 7) is 0. The van der Waals surface area contributed by atoms with Crippen molar-refractivity contribution >= 4 is 39.0 Å². The summed E-state index contributed by atoms with van der Waals surface area (Å²) < 4.78 is 33.3. The van der Waals surface area contributed by atoms with E-state index in [1.54, 1.807) is 23.9 Å². The van der Waals surface area contributed by atoms with Crippen LogP contribution in [0.15, 0.2) is 82.8 Å². The Hall–Kier alpha value is -3.34. The van der Waals surface area contributed by atoms with Gasteiger partial charge in [-0.3, -0.25) is 4.79 Å². The van der Waals surface area contributed by atoms with Crippen molar-refractivity contribution in [3.63, 3.8) is 0 Å². The number of nitrogens with zero attached hydrogens (tertiary/aromatic N) is 3. The number of ether oxygens (including phenoxy) is 1. The van der Waals surface area contributed by atoms with Crippen LogP contribution in [0.5, 0.6) is 5.75 Å². The first-order valence-electron chi connectivity index (χ1n) is 10.4. The van der Waals surface area contributed by atoms with E-state index < -0.39 is 10.0 Å². The molecule has 0 aliphatic carbocycles. The normalized spacial score (nSPS) is 11.6. The van der Waals surface area contributed by atoms with E-state index in [0.29, 0.717) is 17.1 Å². The molecule has 0 fully saturated rings. The highest BCUT2D eigenvalue weighted by Gasteiger charge is 2.20. The van der Waals surface area contributed by atoms with Crippen LogP contribution in [0.2, 0.25) is 0 Å². The number of amides is 1. The highest BCUT2D eigenvalue weighted by atomic mass is 32.2. The van der Waals surface area contributed by atoms with Gasteiger partial charge in [0.1, 0.15) is 11.4 Å². The number of fused-ring (bicyclic) bond motifs is 1. The Kier molecular flexibility index (Phi) is 6.92. The van der Waals surface area contributed by atoms with Crippen LogP contribution in [0.4, 0.5) is 5.69 Å². The van der Waals surface area contributed by atoms with Crippen LogP contribution >= 0.6 is 11.8 Å². The summed E-state index contributed by atoms with van der Waals surface area (Å²) in [6, 6.07) is 17.4. The van der Waals surface area contributed by atoms with Gasteiger partial charge < -0.3 is 14.5 Å². The summed E-state index contributed by atoms with van der Waals surface area (Å²) in [6.07, 6.45) is 3.96. The molecule has 2 aromatic carbocycles. The zero-order valence-electron chi connectivity index (χ0n) is 18.9. The maximum Gasteiger partial charge on any atom is 0.255 e. The van der Waals surface area contributed by atoms with Crippen molar-refractivity contribution in [2.24, 2.45) is 0 Å². The van der Waals surface area contributed by atoms with Gasteiger partial charge in [0.2, 0.25) is 10.0 Å². The molecular formula is C24H24N4O4S2. The molecule has 0 aliphatic heterocycles. The summed E-state index contributed by atoms with van der Waals surface area (Å²) in [5, 5.41) is 2.75. The monoisotopic (exact) mass is 496 g/mol. The van der Waals surface area contributed by atoms with Crippen LogP contribution in [-0.4, -0.2) is 49.2 Å².